The van der Waals surface area contributed by atoms with E-state index in [2.05, 4.69) is 21.9 Å². The molecule has 0 aliphatic rings. The van der Waals surface area contributed by atoms with Gasteiger partial charge in [0.05, 0.1) is 11.8 Å². The molecule has 0 spiro atoms. The number of hydrogen-bond donors (Lipinski definition) is 2. The first-order valence-electron chi connectivity index (χ1n) is 9.47. The number of nitrogens with one attached hydrogen (secondary N) is 2. The molecule has 1 amide bonds. The second-order valence-corrected chi connectivity index (χ2v) is 9.53. The Hall–Kier alpha value is -2.35. The predicted octanol–water partition coefficient (Wildman–Crippen LogP) is 3.85. The van der Waals surface area contributed by atoms with Gasteiger partial charge in [-0.1, -0.05) is 26.3 Å². The Bertz CT molecular complexity index is 919. The number of carbonyl (C=O) groups excluding carboxylic acids is 1. The summed E-state index contributed by atoms with van der Waals surface area (Å²) >= 11 is 0. The number of amides is 1. The zero-order valence-electron chi connectivity index (χ0n) is 17.1. The van der Waals surface area contributed by atoms with Crippen LogP contribution in [0, 0.1) is 12.8 Å². The average molecular weight is 408 g/mol. The van der Waals surface area contributed by atoms with Gasteiger partial charge in [0.15, 0.2) is 0 Å². The summed E-state index contributed by atoms with van der Waals surface area (Å²) in [5.41, 5.74) is 1.76. The Morgan fingerprint density at radius 1 is 1.25 bits per heavy atom. The van der Waals surface area contributed by atoms with E-state index in [0.29, 0.717) is 47.5 Å². The highest BCUT2D eigenvalue weighted by atomic mass is 32.2. The zero-order chi connectivity index (χ0) is 20.9. The zero-order valence-corrected chi connectivity index (χ0v) is 17.9. The summed E-state index contributed by atoms with van der Waals surface area (Å²) in [6, 6.07) is 6.89. The van der Waals surface area contributed by atoms with E-state index >= 15 is 0 Å². The minimum absolute atomic E-state index is 0.0108. The van der Waals surface area contributed by atoms with Crippen molar-refractivity contribution in [2.75, 3.05) is 4.72 Å². The van der Waals surface area contributed by atoms with Crippen LogP contribution in [0.2, 0.25) is 0 Å². The van der Waals surface area contributed by atoms with E-state index in [1.165, 1.54) is 0 Å². The highest BCUT2D eigenvalue weighted by Gasteiger charge is 2.17. The van der Waals surface area contributed by atoms with Gasteiger partial charge in [-0.25, -0.2) is 13.4 Å². The molecule has 0 aliphatic carbocycles. The molecular weight excluding hydrogens is 378 g/mol. The fraction of sp³-hybridized carbons (Fsp3) is 0.500. The van der Waals surface area contributed by atoms with Gasteiger partial charge in [0.2, 0.25) is 21.8 Å². The number of aryl methyl sites for hydroxylation is 1. The second-order valence-electron chi connectivity index (χ2n) is 7.29. The summed E-state index contributed by atoms with van der Waals surface area (Å²) in [7, 11) is -3.43. The van der Waals surface area contributed by atoms with Gasteiger partial charge in [-0.2, -0.15) is 0 Å². The molecule has 1 aromatic carbocycles. The van der Waals surface area contributed by atoms with Crippen molar-refractivity contribution in [3.63, 3.8) is 0 Å². The third kappa shape index (κ3) is 5.82. The van der Waals surface area contributed by atoms with Crippen LogP contribution >= 0.6 is 0 Å². The molecule has 2 N–H and O–H groups in total. The first-order chi connectivity index (χ1) is 13.1. The summed E-state index contributed by atoms with van der Waals surface area (Å²) in [5.74, 6) is 1.33. The lowest BCUT2D eigenvalue weighted by molar-refractivity contribution is -0.122. The maximum Gasteiger partial charge on any atom is 0.235 e. The van der Waals surface area contributed by atoms with Crippen molar-refractivity contribution in [3.05, 3.63) is 35.7 Å². The molecule has 2 aromatic rings. The molecule has 0 bridgehead atoms. The van der Waals surface area contributed by atoms with E-state index in [9.17, 15) is 13.2 Å². The van der Waals surface area contributed by atoms with Crippen molar-refractivity contribution in [3.8, 4) is 11.5 Å². The number of sulfonamides is 1. The Kier molecular flexibility index (Phi) is 7.23. The molecule has 1 unspecified atom stereocenters. The van der Waals surface area contributed by atoms with E-state index in [-0.39, 0.29) is 5.91 Å². The predicted molar refractivity (Wildman–Crippen MR) is 110 cm³/mol. The third-order valence-corrected chi connectivity index (χ3v) is 6.33. The first kappa shape index (κ1) is 21.9. The number of benzene rings is 1. The van der Waals surface area contributed by atoms with Crippen molar-refractivity contribution in [1.82, 2.24) is 10.3 Å². The van der Waals surface area contributed by atoms with Gasteiger partial charge in [0.25, 0.3) is 0 Å². The maximum atomic E-state index is 12.1. The molecule has 0 saturated carbocycles. The van der Waals surface area contributed by atoms with Crippen LogP contribution in [0.1, 0.15) is 52.0 Å². The molecule has 7 nitrogen and oxygen atoms in total. The number of rotatable bonds is 9. The van der Waals surface area contributed by atoms with Crippen LogP contribution in [-0.2, 0) is 21.4 Å². The quantitative estimate of drug-likeness (QED) is 0.657. The van der Waals surface area contributed by atoms with Crippen LogP contribution in [0.4, 0.5) is 5.69 Å². The number of oxazole rings is 1. The summed E-state index contributed by atoms with van der Waals surface area (Å²) < 4.78 is 32.4. The molecule has 2 rings (SSSR count). The average Bonchev–Trinajstić information content (AvgIpc) is 3.00. The minimum Gasteiger partial charge on any atom is -0.441 e. The first-order valence-corrected chi connectivity index (χ1v) is 11.0. The monoisotopic (exact) mass is 407 g/mol. The van der Waals surface area contributed by atoms with Gasteiger partial charge in [-0.05, 0) is 44.9 Å². The molecule has 28 heavy (non-hydrogen) atoms. The Morgan fingerprint density at radius 2 is 1.96 bits per heavy atom. The molecular formula is C20H29N3O4S. The van der Waals surface area contributed by atoms with E-state index < -0.39 is 15.3 Å². The lowest BCUT2D eigenvalue weighted by Crippen LogP contribution is -2.24. The van der Waals surface area contributed by atoms with Crippen molar-refractivity contribution < 1.29 is 17.6 Å². The Morgan fingerprint density at radius 3 is 2.61 bits per heavy atom. The van der Waals surface area contributed by atoms with E-state index in [4.69, 9.17) is 4.42 Å². The fourth-order valence-electron chi connectivity index (χ4n) is 2.43. The van der Waals surface area contributed by atoms with Crippen LogP contribution in [-0.4, -0.2) is 24.6 Å². The molecule has 0 aliphatic heterocycles. The van der Waals surface area contributed by atoms with Gasteiger partial charge < -0.3 is 9.73 Å². The molecule has 154 valence electrons. The maximum absolute atomic E-state index is 12.1. The normalized spacial score (nSPS) is 12.8. The van der Waals surface area contributed by atoms with Crippen LogP contribution in [0.5, 0.6) is 0 Å². The molecule has 1 atom stereocenters. The van der Waals surface area contributed by atoms with Gasteiger partial charge in [-0.3, -0.25) is 9.52 Å². The fourth-order valence-corrected chi connectivity index (χ4v) is 3.12. The molecule has 0 saturated heterocycles. The smallest absolute Gasteiger partial charge is 0.235 e. The molecule has 8 heteroatoms. The number of hydrogen-bond acceptors (Lipinski definition) is 5. The second kappa shape index (κ2) is 9.23. The summed E-state index contributed by atoms with van der Waals surface area (Å²) in [5, 5.41) is 2.34. The lowest BCUT2D eigenvalue weighted by atomic mass is 10.1. The SMILES string of the molecule is CCC(C)CC(=O)NCc1nc(-c2cccc(NS(=O)(=O)C(C)C)c2)oc1C. The molecule has 1 heterocycles. The standard InChI is InChI=1S/C20H29N3O4S/c1-6-14(4)10-19(24)21-12-18-15(5)27-20(22-18)16-8-7-9-17(11-16)23-28(25,26)13(2)3/h7-9,11,13-14,23H,6,10,12H2,1-5H3,(H,21,24). The van der Waals surface area contributed by atoms with E-state index in [1.54, 1.807) is 45.0 Å². The summed E-state index contributed by atoms with van der Waals surface area (Å²) in [6.07, 6.45) is 1.44. The van der Waals surface area contributed by atoms with Crippen LogP contribution in [0.3, 0.4) is 0 Å². The van der Waals surface area contributed by atoms with Crippen LogP contribution in [0.25, 0.3) is 11.5 Å². The van der Waals surface area contributed by atoms with E-state index in [1.807, 2.05) is 6.92 Å². The van der Waals surface area contributed by atoms with E-state index in [0.717, 1.165) is 6.42 Å². The van der Waals surface area contributed by atoms with Gasteiger partial charge in [0, 0.05) is 17.7 Å². The topological polar surface area (TPSA) is 101 Å². The van der Waals surface area contributed by atoms with Gasteiger partial charge >= 0.3 is 0 Å². The highest BCUT2D eigenvalue weighted by Crippen LogP contribution is 2.25. The van der Waals surface area contributed by atoms with Gasteiger partial charge in [-0.15, -0.1) is 0 Å². The highest BCUT2D eigenvalue weighted by molar-refractivity contribution is 7.93. The van der Waals surface area contributed by atoms with Crippen LogP contribution < -0.4 is 10.0 Å². The molecule has 0 fully saturated rings. The van der Waals surface area contributed by atoms with Crippen molar-refractivity contribution >= 4 is 21.6 Å². The Balaban J connectivity index is 2.12. The Labute approximate surface area is 167 Å². The van der Waals surface area contributed by atoms with Crippen molar-refractivity contribution in [2.45, 2.75) is 59.3 Å². The van der Waals surface area contributed by atoms with Crippen LogP contribution in [0.15, 0.2) is 28.7 Å². The van der Waals surface area contributed by atoms with Crippen molar-refractivity contribution in [2.24, 2.45) is 5.92 Å². The summed E-state index contributed by atoms with van der Waals surface area (Å²) in [6.45, 7) is 9.42. The minimum atomic E-state index is -3.43. The number of aromatic nitrogens is 1. The molecule has 1 aromatic heterocycles. The summed E-state index contributed by atoms with van der Waals surface area (Å²) in [4.78, 5) is 16.4. The van der Waals surface area contributed by atoms with Gasteiger partial charge in [0.1, 0.15) is 11.5 Å². The number of nitrogens with zero attached hydrogens (tertiary/aromatic N) is 1. The largest absolute Gasteiger partial charge is 0.441 e. The van der Waals surface area contributed by atoms with Crippen molar-refractivity contribution in [1.29, 1.82) is 0 Å². The number of anilines is 1. The number of carbonyl (C=O) groups is 1. The molecule has 0 radical (unpaired) electrons. The lowest BCUT2D eigenvalue weighted by Gasteiger charge is -2.11. The third-order valence-electron chi connectivity index (χ3n) is 4.57.